The van der Waals surface area contributed by atoms with Crippen LogP contribution in [0.25, 0.3) is 0 Å². The first-order chi connectivity index (χ1) is 14.5. The summed E-state index contributed by atoms with van der Waals surface area (Å²) >= 11 is 0. The van der Waals surface area contributed by atoms with E-state index in [0.29, 0.717) is 0 Å². The molecule has 1 N–H and O–H groups in total. The molecule has 7 heteroatoms. The highest BCUT2D eigenvalue weighted by Crippen LogP contribution is 2.46. The molecule has 0 radical (unpaired) electrons. The molecule has 158 valence electrons. The fourth-order valence-electron chi connectivity index (χ4n) is 4.31. The van der Waals surface area contributed by atoms with Gasteiger partial charge in [-0.25, -0.2) is 0 Å². The van der Waals surface area contributed by atoms with Crippen molar-refractivity contribution in [2.24, 2.45) is 11.8 Å². The van der Waals surface area contributed by atoms with Crippen LogP contribution in [-0.2, 0) is 35.0 Å². The van der Waals surface area contributed by atoms with E-state index in [-0.39, 0.29) is 6.42 Å². The van der Waals surface area contributed by atoms with E-state index >= 15 is 0 Å². The van der Waals surface area contributed by atoms with Gasteiger partial charge in [0.15, 0.2) is 0 Å². The molecule has 1 aliphatic heterocycles. The summed E-state index contributed by atoms with van der Waals surface area (Å²) in [7, 11) is 3.75. The lowest BCUT2D eigenvalue weighted by Gasteiger charge is -2.32. The molecule has 1 aliphatic rings. The lowest BCUT2D eigenvalue weighted by atomic mass is 9.74. The van der Waals surface area contributed by atoms with E-state index in [2.05, 4.69) is 5.32 Å². The third-order valence-electron chi connectivity index (χ3n) is 5.62. The van der Waals surface area contributed by atoms with Crippen LogP contribution in [0.2, 0.25) is 0 Å². The van der Waals surface area contributed by atoms with Crippen molar-refractivity contribution in [1.29, 1.82) is 0 Å². The summed E-state index contributed by atoms with van der Waals surface area (Å²) in [6.07, 6.45) is 0.136. The predicted octanol–water partition coefficient (Wildman–Crippen LogP) is 2.06. The molecule has 0 aromatic heterocycles. The van der Waals surface area contributed by atoms with Crippen molar-refractivity contribution in [2.75, 3.05) is 21.3 Å². The summed E-state index contributed by atoms with van der Waals surface area (Å²) in [6, 6.07) is 17.8. The van der Waals surface area contributed by atoms with E-state index in [1.165, 1.54) is 21.3 Å². The van der Waals surface area contributed by atoms with Crippen molar-refractivity contribution < 1.29 is 28.6 Å². The molecule has 2 aromatic rings. The third-order valence-corrected chi connectivity index (χ3v) is 5.62. The first kappa shape index (κ1) is 21.5. The first-order valence-corrected chi connectivity index (χ1v) is 9.59. The zero-order chi connectivity index (χ0) is 21.7. The molecule has 0 bridgehead atoms. The Hall–Kier alpha value is -3.19. The largest absolute Gasteiger partial charge is 0.469 e. The van der Waals surface area contributed by atoms with E-state index in [1.54, 1.807) is 0 Å². The normalized spacial score (nSPS) is 25.4. The van der Waals surface area contributed by atoms with Crippen LogP contribution >= 0.6 is 0 Å². The molecule has 0 aliphatic carbocycles. The Bertz CT molecular complexity index is 900. The van der Waals surface area contributed by atoms with Gasteiger partial charge in [0.05, 0.1) is 27.2 Å². The average molecular weight is 411 g/mol. The lowest BCUT2D eigenvalue weighted by Crippen LogP contribution is -2.57. The average Bonchev–Trinajstić information content (AvgIpc) is 3.14. The second-order valence-electron chi connectivity index (χ2n) is 7.21. The summed E-state index contributed by atoms with van der Waals surface area (Å²) in [5.41, 5.74) is 0.0463. The van der Waals surface area contributed by atoms with Gasteiger partial charge >= 0.3 is 17.9 Å². The number of nitrogens with one attached hydrogen (secondary N) is 1. The van der Waals surface area contributed by atoms with Crippen LogP contribution in [0.3, 0.4) is 0 Å². The Morgan fingerprint density at radius 2 is 1.40 bits per heavy atom. The van der Waals surface area contributed by atoms with E-state index in [0.717, 1.165) is 11.1 Å². The number of methoxy groups -OCH3 is 3. The maximum atomic E-state index is 13.2. The molecule has 0 saturated carbocycles. The topological polar surface area (TPSA) is 90.9 Å². The molecule has 1 fully saturated rings. The lowest BCUT2D eigenvalue weighted by molar-refractivity contribution is -0.164. The van der Waals surface area contributed by atoms with E-state index < -0.39 is 41.3 Å². The maximum absolute atomic E-state index is 13.2. The Morgan fingerprint density at radius 1 is 0.833 bits per heavy atom. The van der Waals surface area contributed by atoms with Crippen LogP contribution in [0, 0.1) is 11.8 Å². The van der Waals surface area contributed by atoms with E-state index in [9.17, 15) is 14.4 Å². The minimum Gasteiger partial charge on any atom is -0.469 e. The van der Waals surface area contributed by atoms with Gasteiger partial charge in [-0.15, -0.1) is 0 Å². The van der Waals surface area contributed by atoms with Crippen LogP contribution in [0.1, 0.15) is 17.2 Å². The van der Waals surface area contributed by atoms with Gasteiger partial charge in [-0.3, -0.25) is 19.7 Å². The Balaban J connectivity index is 2.20. The monoisotopic (exact) mass is 411 g/mol. The summed E-state index contributed by atoms with van der Waals surface area (Å²) in [6.45, 7) is 0. The number of hydrogen-bond donors (Lipinski definition) is 1. The van der Waals surface area contributed by atoms with Crippen LogP contribution in [0.5, 0.6) is 0 Å². The zero-order valence-electron chi connectivity index (χ0n) is 17.2. The molecule has 2 aromatic carbocycles. The van der Waals surface area contributed by atoms with Gasteiger partial charge in [-0.1, -0.05) is 60.7 Å². The number of carbonyl (C=O) groups excluding carboxylic acids is 3. The molecule has 1 heterocycles. The number of benzene rings is 2. The Labute approximate surface area is 175 Å². The van der Waals surface area contributed by atoms with Gasteiger partial charge < -0.3 is 14.2 Å². The molecule has 4 atom stereocenters. The molecule has 3 rings (SSSR count). The SMILES string of the molecule is COC(=O)[C@H]1[C@@H](c2ccccc2)N[C@@](Cc2ccccc2)(C(=O)OC)[C@H]1C(=O)OC. The van der Waals surface area contributed by atoms with Crippen molar-refractivity contribution in [3.63, 3.8) is 0 Å². The molecule has 30 heavy (non-hydrogen) atoms. The summed E-state index contributed by atoms with van der Waals surface area (Å²) < 4.78 is 15.2. The molecule has 0 unspecified atom stereocenters. The van der Waals surface area contributed by atoms with Crippen LogP contribution < -0.4 is 5.32 Å². The smallest absolute Gasteiger partial charge is 0.327 e. The second-order valence-corrected chi connectivity index (χ2v) is 7.21. The van der Waals surface area contributed by atoms with Crippen molar-refractivity contribution >= 4 is 17.9 Å². The van der Waals surface area contributed by atoms with Gasteiger partial charge in [-0.05, 0) is 11.1 Å². The summed E-state index contributed by atoms with van der Waals surface area (Å²) in [4.78, 5) is 39.0. The fraction of sp³-hybridized carbons (Fsp3) is 0.348. The number of ether oxygens (including phenoxy) is 3. The third kappa shape index (κ3) is 3.80. The number of rotatable bonds is 6. The molecule has 7 nitrogen and oxygen atoms in total. The minimum atomic E-state index is -1.51. The molecular weight excluding hydrogens is 386 g/mol. The van der Waals surface area contributed by atoms with Gasteiger partial charge in [0.1, 0.15) is 11.5 Å². The zero-order valence-corrected chi connectivity index (χ0v) is 17.2. The van der Waals surface area contributed by atoms with Crippen molar-refractivity contribution in [3.8, 4) is 0 Å². The molecular formula is C23H25NO6. The predicted molar refractivity (Wildman–Crippen MR) is 108 cm³/mol. The van der Waals surface area contributed by atoms with Crippen molar-refractivity contribution in [2.45, 2.75) is 18.0 Å². The second kappa shape index (κ2) is 9.09. The standard InChI is InChI=1S/C23H25NO6/c1-28-20(25)17-18(21(26)29-2)23(22(27)30-3,14-15-10-6-4-7-11-15)24-19(17)16-12-8-5-9-13-16/h4-13,17-19,24H,14H2,1-3H3/t17-,18-,19-,23-/m1/s1. The Kier molecular flexibility index (Phi) is 6.52. The van der Waals surface area contributed by atoms with Crippen LogP contribution in [-0.4, -0.2) is 44.8 Å². The van der Waals surface area contributed by atoms with Crippen molar-refractivity contribution in [3.05, 3.63) is 71.8 Å². The molecule has 0 amide bonds. The quantitative estimate of drug-likeness (QED) is 0.575. The Morgan fingerprint density at radius 3 is 1.93 bits per heavy atom. The maximum Gasteiger partial charge on any atom is 0.327 e. The minimum absolute atomic E-state index is 0.136. The van der Waals surface area contributed by atoms with Crippen LogP contribution in [0.15, 0.2) is 60.7 Å². The van der Waals surface area contributed by atoms with E-state index in [4.69, 9.17) is 14.2 Å². The summed E-state index contributed by atoms with van der Waals surface area (Å²) in [5, 5.41) is 3.27. The number of carbonyl (C=O) groups is 3. The molecule has 0 spiro atoms. The van der Waals surface area contributed by atoms with Gasteiger partial charge in [0, 0.05) is 12.5 Å². The summed E-state index contributed by atoms with van der Waals surface area (Å²) in [5.74, 6) is -4.06. The van der Waals surface area contributed by atoms with Gasteiger partial charge in [-0.2, -0.15) is 0 Å². The van der Waals surface area contributed by atoms with E-state index in [1.807, 2.05) is 60.7 Å². The molecule has 1 saturated heterocycles. The highest BCUT2D eigenvalue weighted by atomic mass is 16.5. The van der Waals surface area contributed by atoms with Gasteiger partial charge in [0.25, 0.3) is 0 Å². The number of esters is 3. The fourth-order valence-corrected chi connectivity index (χ4v) is 4.31. The van der Waals surface area contributed by atoms with Gasteiger partial charge in [0.2, 0.25) is 0 Å². The van der Waals surface area contributed by atoms with Crippen LogP contribution in [0.4, 0.5) is 0 Å². The first-order valence-electron chi connectivity index (χ1n) is 9.59. The highest BCUT2D eigenvalue weighted by Gasteiger charge is 2.64. The van der Waals surface area contributed by atoms with Crippen molar-refractivity contribution in [1.82, 2.24) is 5.32 Å². The highest BCUT2D eigenvalue weighted by molar-refractivity contribution is 5.94. The number of hydrogen-bond acceptors (Lipinski definition) is 7.